The van der Waals surface area contributed by atoms with E-state index in [-0.39, 0.29) is 0 Å². The van der Waals surface area contributed by atoms with Gasteiger partial charge in [0.25, 0.3) is 0 Å². The molecule has 2 atom stereocenters. The van der Waals surface area contributed by atoms with Crippen LogP contribution in [-0.2, 0) is 17.7 Å². The molecule has 0 radical (unpaired) electrons. The Morgan fingerprint density at radius 3 is 2.67 bits per heavy atom. The van der Waals surface area contributed by atoms with Crippen molar-refractivity contribution in [1.82, 2.24) is 10.3 Å². The first-order valence-electron chi connectivity index (χ1n) is 8.07. The highest BCUT2D eigenvalue weighted by molar-refractivity contribution is 7.15. The number of aryl methyl sites for hydroxylation is 1. The fraction of sp³-hybridized carbons (Fsp3) is 0.812. The molecule has 0 saturated carbocycles. The van der Waals surface area contributed by atoms with Gasteiger partial charge in [-0.2, -0.15) is 0 Å². The average Bonchev–Trinajstić information content (AvgIpc) is 2.86. The lowest BCUT2D eigenvalue weighted by Crippen LogP contribution is -2.38. The van der Waals surface area contributed by atoms with Crippen LogP contribution in [0.15, 0.2) is 0 Å². The second-order valence-corrected chi connectivity index (χ2v) is 7.30. The molecule has 0 aliphatic carbocycles. The molecule has 2 rings (SSSR count). The van der Waals surface area contributed by atoms with Crippen LogP contribution in [0.4, 0.5) is 5.13 Å². The summed E-state index contributed by atoms with van der Waals surface area (Å²) in [6.45, 7) is 11.8. The fourth-order valence-electron chi connectivity index (χ4n) is 3.11. The van der Waals surface area contributed by atoms with E-state index in [0.29, 0.717) is 0 Å². The number of nitrogens with one attached hydrogen (secondary N) is 1. The molecule has 1 aromatic heterocycles. The normalized spacial score (nSPS) is 22.8. The Morgan fingerprint density at radius 2 is 2.05 bits per heavy atom. The first kappa shape index (κ1) is 16.7. The van der Waals surface area contributed by atoms with Crippen LogP contribution < -0.4 is 10.2 Å². The van der Waals surface area contributed by atoms with Gasteiger partial charge in [0.05, 0.1) is 12.3 Å². The number of aromatic nitrogens is 1. The van der Waals surface area contributed by atoms with Crippen LogP contribution in [0.1, 0.15) is 37.8 Å². The van der Waals surface area contributed by atoms with E-state index in [2.05, 4.69) is 31.0 Å². The Morgan fingerprint density at radius 1 is 1.33 bits per heavy atom. The molecule has 5 heteroatoms. The molecule has 120 valence electrons. The maximum Gasteiger partial charge on any atom is 0.185 e. The van der Waals surface area contributed by atoms with Gasteiger partial charge in [-0.1, -0.05) is 20.8 Å². The standard InChI is InChI=1S/C16H29N3OS/c1-5-14-15(9-17-6-7-20-4)21-16(18-14)19-10-12(2)8-13(3)11-19/h12-13,17H,5-11H2,1-4H3. The molecule has 1 saturated heterocycles. The SMILES string of the molecule is CCc1nc(N2CC(C)CC(C)C2)sc1CNCCOC. The molecule has 2 heterocycles. The summed E-state index contributed by atoms with van der Waals surface area (Å²) in [5, 5.41) is 4.65. The molecule has 0 spiro atoms. The van der Waals surface area contributed by atoms with Gasteiger partial charge in [-0.25, -0.2) is 4.98 Å². The Kier molecular flexibility index (Phi) is 6.45. The molecule has 21 heavy (non-hydrogen) atoms. The van der Waals surface area contributed by atoms with Crippen molar-refractivity contribution in [1.29, 1.82) is 0 Å². The lowest BCUT2D eigenvalue weighted by Gasteiger charge is -2.34. The summed E-state index contributed by atoms with van der Waals surface area (Å²) < 4.78 is 5.08. The van der Waals surface area contributed by atoms with Crippen LogP contribution in [-0.4, -0.2) is 38.3 Å². The highest BCUT2D eigenvalue weighted by Gasteiger charge is 2.24. The number of thiazole rings is 1. The van der Waals surface area contributed by atoms with E-state index in [0.717, 1.165) is 51.0 Å². The minimum atomic E-state index is 0.758. The third-order valence-electron chi connectivity index (χ3n) is 4.01. The first-order chi connectivity index (χ1) is 10.1. The number of anilines is 1. The van der Waals surface area contributed by atoms with Gasteiger partial charge in [0.1, 0.15) is 0 Å². The summed E-state index contributed by atoms with van der Waals surface area (Å²) in [5.74, 6) is 1.54. The highest BCUT2D eigenvalue weighted by atomic mass is 32.1. The highest BCUT2D eigenvalue weighted by Crippen LogP contribution is 2.31. The van der Waals surface area contributed by atoms with E-state index < -0.39 is 0 Å². The van der Waals surface area contributed by atoms with Gasteiger partial charge in [0.15, 0.2) is 5.13 Å². The van der Waals surface area contributed by atoms with Crippen LogP contribution in [0, 0.1) is 11.8 Å². The topological polar surface area (TPSA) is 37.4 Å². The van der Waals surface area contributed by atoms with E-state index >= 15 is 0 Å². The number of methoxy groups -OCH3 is 1. The summed E-state index contributed by atoms with van der Waals surface area (Å²) >= 11 is 1.86. The van der Waals surface area contributed by atoms with Crippen molar-refractivity contribution in [3.8, 4) is 0 Å². The molecule has 1 aliphatic heterocycles. The van der Waals surface area contributed by atoms with Gasteiger partial charge in [0, 0.05) is 38.2 Å². The molecular weight excluding hydrogens is 282 g/mol. The first-order valence-corrected chi connectivity index (χ1v) is 8.88. The van der Waals surface area contributed by atoms with Crippen molar-refractivity contribution < 1.29 is 4.74 Å². The van der Waals surface area contributed by atoms with Crippen LogP contribution in [0.3, 0.4) is 0 Å². The second kappa shape index (κ2) is 8.11. The number of nitrogens with zero attached hydrogens (tertiary/aromatic N) is 2. The molecule has 1 aromatic rings. The number of hydrogen-bond donors (Lipinski definition) is 1. The van der Waals surface area contributed by atoms with Crippen LogP contribution in [0.5, 0.6) is 0 Å². The van der Waals surface area contributed by atoms with E-state index in [9.17, 15) is 0 Å². The monoisotopic (exact) mass is 311 g/mol. The molecule has 0 aromatic carbocycles. The molecule has 1 aliphatic rings. The van der Waals surface area contributed by atoms with Gasteiger partial charge in [-0.3, -0.25) is 0 Å². The largest absolute Gasteiger partial charge is 0.383 e. The van der Waals surface area contributed by atoms with Gasteiger partial charge >= 0.3 is 0 Å². The maximum absolute atomic E-state index is 5.08. The molecular formula is C16H29N3OS. The van der Waals surface area contributed by atoms with E-state index in [1.54, 1.807) is 7.11 Å². The number of piperidine rings is 1. The third-order valence-corrected chi connectivity index (χ3v) is 5.17. The number of hydrogen-bond acceptors (Lipinski definition) is 5. The van der Waals surface area contributed by atoms with Crippen LogP contribution in [0.25, 0.3) is 0 Å². The Labute approximate surface area is 132 Å². The predicted molar refractivity (Wildman–Crippen MR) is 90.2 cm³/mol. The van der Waals surface area contributed by atoms with Gasteiger partial charge < -0.3 is 15.0 Å². The summed E-state index contributed by atoms with van der Waals surface area (Å²) in [5.41, 5.74) is 1.26. The van der Waals surface area contributed by atoms with Crippen LogP contribution >= 0.6 is 11.3 Å². The summed E-state index contributed by atoms with van der Waals surface area (Å²) in [7, 11) is 1.74. The van der Waals surface area contributed by atoms with E-state index in [1.807, 2.05) is 11.3 Å². The van der Waals surface area contributed by atoms with Crippen molar-refractivity contribution >= 4 is 16.5 Å². The summed E-state index contributed by atoms with van der Waals surface area (Å²) in [6, 6.07) is 0. The molecule has 4 nitrogen and oxygen atoms in total. The third kappa shape index (κ3) is 4.66. The quantitative estimate of drug-likeness (QED) is 0.786. The van der Waals surface area contributed by atoms with Gasteiger partial charge in [-0.15, -0.1) is 11.3 Å². The van der Waals surface area contributed by atoms with Crippen LogP contribution in [0.2, 0.25) is 0 Å². The average molecular weight is 311 g/mol. The second-order valence-electron chi connectivity index (χ2n) is 6.24. The Hall–Kier alpha value is -0.650. The number of ether oxygens (including phenoxy) is 1. The zero-order valence-corrected chi connectivity index (χ0v) is 14.6. The molecule has 0 amide bonds. The molecule has 1 fully saturated rings. The minimum absolute atomic E-state index is 0.758. The summed E-state index contributed by atoms with van der Waals surface area (Å²) in [6.07, 6.45) is 2.35. The lowest BCUT2D eigenvalue weighted by atomic mass is 9.92. The summed E-state index contributed by atoms with van der Waals surface area (Å²) in [4.78, 5) is 8.76. The fourth-order valence-corrected chi connectivity index (χ4v) is 4.25. The zero-order chi connectivity index (χ0) is 15.2. The van der Waals surface area contributed by atoms with Crippen molar-refractivity contribution in [2.75, 3.05) is 38.3 Å². The Balaban J connectivity index is 2.01. The zero-order valence-electron chi connectivity index (χ0n) is 13.8. The van der Waals surface area contributed by atoms with Crippen molar-refractivity contribution in [3.63, 3.8) is 0 Å². The maximum atomic E-state index is 5.08. The van der Waals surface area contributed by atoms with Gasteiger partial charge in [0.2, 0.25) is 0 Å². The minimum Gasteiger partial charge on any atom is -0.383 e. The van der Waals surface area contributed by atoms with Crippen molar-refractivity contribution in [2.45, 2.75) is 40.2 Å². The van der Waals surface area contributed by atoms with Gasteiger partial charge in [-0.05, 0) is 24.7 Å². The molecule has 2 unspecified atom stereocenters. The van der Waals surface area contributed by atoms with E-state index in [1.165, 1.54) is 22.1 Å². The molecule has 0 bridgehead atoms. The number of rotatable bonds is 7. The molecule has 1 N–H and O–H groups in total. The lowest BCUT2D eigenvalue weighted by molar-refractivity contribution is 0.199. The van der Waals surface area contributed by atoms with Crippen molar-refractivity contribution in [2.24, 2.45) is 11.8 Å². The Bertz CT molecular complexity index is 425. The van der Waals surface area contributed by atoms with Crippen molar-refractivity contribution in [3.05, 3.63) is 10.6 Å². The predicted octanol–water partition coefficient (Wildman–Crippen LogP) is 2.92. The van der Waals surface area contributed by atoms with E-state index in [4.69, 9.17) is 9.72 Å². The smallest absolute Gasteiger partial charge is 0.185 e.